The van der Waals surface area contributed by atoms with Crippen molar-refractivity contribution in [3.63, 3.8) is 0 Å². The van der Waals surface area contributed by atoms with Gasteiger partial charge in [0.05, 0.1) is 11.1 Å². The Morgan fingerprint density at radius 1 is 1.03 bits per heavy atom. The van der Waals surface area contributed by atoms with E-state index in [0.29, 0.717) is 11.3 Å². The van der Waals surface area contributed by atoms with Gasteiger partial charge in [-0.15, -0.1) is 0 Å². The van der Waals surface area contributed by atoms with Crippen LogP contribution in [0.4, 0.5) is 0 Å². The lowest BCUT2D eigenvalue weighted by atomic mass is 10.0. The minimum atomic E-state index is -0.980. The van der Waals surface area contributed by atoms with Gasteiger partial charge in [0.15, 0.2) is 0 Å². The molecule has 0 radical (unpaired) electrons. The number of hydrogen-bond donors (Lipinski definition) is 2. The molecular formula is C28H30N2O4. The zero-order valence-corrected chi connectivity index (χ0v) is 19.4. The van der Waals surface area contributed by atoms with Gasteiger partial charge in [-0.3, -0.25) is 4.79 Å². The Kier molecular flexibility index (Phi) is 7.60. The van der Waals surface area contributed by atoms with E-state index in [2.05, 4.69) is 17.1 Å². The highest BCUT2D eigenvalue weighted by atomic mass is 16.5. The molecule has 4 rings (SSSR count). The maximum atomic E-state index is 13.3. The Balaban J connectivity index is 1.54. The van der Waals surface area contributed by atoms with E-state index in [0.717, 1.165) is 48.8 Å². The van der Waals surface area contributed by atoms with Crippen LogP contribution < -0.4 is 10.1 Å². The first-order valence-electron chi connectivity index (χ1n) is 11.7. The number of ether oxygens (including phenoxy) is 1. The van der Waals surface area contributed by atoms with Crippen molar-refractivity contribution in [3.8, 4) is 5.75 Å². The van der Waals surface area contributed by atoms with E-state index in [4.69, 9.17) is 9.84 Å². The summed E-state index contributed by atoms with van der Waals surface area (Å²) in [5.74, 6) is -0.419. The summed E-state index contributed by atoms with van der Waals surface area (Å²) >= 11 is 0. The fourth-order valence-electron chi connectivity index (χ4n) is 4.24. The van der Waals surface area contributed by atoms with Gasteiger partial charge in [-0.25, -0.2) is 4.79 Å². The first-order valence-corrected chi connectivity index (χ1v) is 11.7. The van der Waals surface area contributed by atoms with E-state index in [1.54, 1.807) is 18.2 Å². The molecule has 1 saturated heterocycles. The normalized spacial score (nSPS) is 15.3. The Bertz CT molecular complexity index is 1170. The van der Waals surface area contributed by atoms with Gasteiger partial charge < -0.3 is 20.1 Å². The number of nitrogens with zero attached hydrogens (tertiary/aromatic N) is 1. The fourth-order valence-corrected chi connectivity index (χ4v) is 4.24. The van der Waals surface area contributed by atoms with Crippen molar-refractivity contribution < 1.29 is 19.4 Å². The van der Waals surface area contributed by atoms with Gasteiger partial charge in [0.1, 0.15) is 12.4 Å². The van der Waals surface area contributed by atoms with Crippen LogP contribution in [0.25, 0.3) is 16.8 Å². The molecule has 0 saturated carbocycles. The molecule has 0 spiro atoms. The summed E-state index contributed by atoms with van der Waals surface area (Å²) in [6.45, 7) is 5.23. The second-order valence-electron chi connectivity index (χ2n) is 8.54. The molecule has 1 amide bonds. The number of carbonyl (C=O) groups is 2. The van der Waals surface area contributed by atoms with Crippen molar-refractivity contribution >= 4 is 28.7 Å². The first-order chi connectivity index (χ1) is 16.5. The van der Waals surface area contributed by atoms with Crippen LogP contribution in [0.2, 0.25) is 0 Å². The highest BCUT2D eigenvalue weighted by Crippen LogP contribution is 2.26. The van der Waals surface area contributed by atoms with Crippen molar-refractivity contribution in [1.82, 2.24) is 10.2 Å². The predicted octanol–water partition coefficient (Wildman–Crippen LogP) is 4.60. The minimum absolute atomic E-state index is 0.105. The van der Waals surface area contributed by atoms with E-state index >= 15 is 0 Å². The number of hydrogen-bond acceptors (Lipinski definition) is 4. The number of rotatable bonds is 8. The summed E-state index contributed by atoms with van der Waals surface area (Å²) in [6, 6.07) is 20.4. The highest BCUT2D eigenvalue weighted by Gasteiger charge is 2.21. The number of carbonyl (C=O) groups excluding carboxylic acids is 1. The van der Waals surface area contributed by atoms with Gasteiger partial charge in [0.25, 0.3) is 5.91 Å². The zero-order chi connectivity index (χ0) is 23.9. The van der Waals surface area contributed by atoms with Crippen LogP contribution in [-0.2, 0) is 4.79 Å². The second kappa shape index (κ2) is 11.0. The largest absolute Gasteiger partial charge is 0.488 e. The van der Waals surface area contributed by atoms with Crippen LogP contribution >= 0.6 is 0 Å². The maximum Gasteiger partial charge on any atom is 0.335 e. The molecule has 1 heterocycles. The summed E-state index contributed by atoms with van der Waals surface area (Å²) in [4.78, 5) is 26.8. The highest BCUT2D eigenvalue weighted by molar-refractivity contribution is 5.98. The van der Waals surface area contributed by atoms with Crippen molar-refractivity contribution in [2.24, 2.45) is 0 Å². The third kappa shape index (κ3) is 5.83. The monoisotopic (exact) mass is 458 g/mol. The molecule has 3 aromatic carbocycles. The van der Waals surface area contributed by atoms with Gasteiger partial charge in [0, 0.05) is 24.5 Å². The van der Waals surface area contributed by atoms with Crippen molar-refractivity contribution in [2.75, 3.05) is 26.2 Å². The minimum Gasteiger partial charge on any atom is -0.488 e. The SMILES string of the molecule is CCN1CCC(NC(=O)C(=Cc2ccc(C(=O)O)cc2)COc2cccc3ccccc23)CC1. The van der Waals surface area contributed by atoms with Crippen LogP contribution in [0.3, 0.4) is 0 Å². The number of benzene rings is 3. The van der Waals surface area contributed by atoms with E-state index in [1.165, 1.54) is 12.1 Å². The van der Waals surface area contributed by atoms with Crippen molar-refractivity contribution in [2.45, 2.75) is 25.8 Å². The summed E-state index contributed by atoms with van der Waals surface area (Å²) in [7, 11) is 0. The number of nitrogens with one attached hydrogen (secondary N) is 1. The average molecular weight is 459 g/mol. The number of fused-ring (bicyclic) bond motifs is 1. The van der Waals surface area contributed by atoms with Gasteiger partial charge in [0.2, 0.25) is 0 Å². The molecule has 1 aliphatic heterocycles. The number of carboxylic acid groups (broad SMARTS) is 1. The summed E-state index contributed by atoms with van der Waals surface area (Å²) in [6.07, 6.45) is 3.61. The summed E-state index contributed by atoms with van der Waals surface area (Å²) < 4.78 is 6.13. The molecule has 6 nitrogen and oxygen atoms in total. The second-order valence-corrected chi connectivity index (χ2v) is 8.54. The Labute approximate surface area is 199 Å². The standard InChI is InChI=1S/C28H30N2O4/c1-2-30-16-14-24(15-17-30)29-27(31)23(18-20-10-12-22(13-11-20)28(32)33)19-34-26-9-5-7-21-6-3-4-8-25(21)26/h3-13,18,24H,2,14-17,19H2,1H3,(H,29,31)(H,32,33). The van der Waals surface area contributed by atoms with Crippen LogP contribution in [0.5, 0.6) is 5.75 Å². The topological polar surface area (TPSA) is 78.9 Å². The van der Waals surface area contributed by atoms with Gasteiger partial charge >= 0.3 is 5.97 Å². The Hall–Kier alpha value is -3.64. The molecule has 0 aromatic heterocycles. The van der Waals surface area contributed by atoms with E-state index in [-0.39, 0.29) is 24.1 Å². The Morgan fingerprint density at radius 3 is 2.44 bits per heavy atom. The van der Waals surface area contributed by atoms with Gasteiger partial charge in [-0.1, -0.05) is 55.5 Å². The molecule has 3 aromatic rings. The lowest BCUT2D eigenvalue weighted by Gasteiger charge is -2.31. The molecule has 0 unspecified atom stereocenters. The zero-order valence-electron chi connectivity index (χ0n) is 19.4. The molecular weight excluding hydrogens is 428 g/mol. The number of aromatic carboxylic acids is 1. The van der Waals surface area contributed by atoms with Gasteiger partial charge in [-0.2, -0.15) is 0 Å². The molecule has 34 heavy (non-hydrogen) atoms. The van der Waals surface area contributed by atoms with Gasteiger partial charge in [-0.05, 0) is 54.6 Å². The van der Waals surface area contributed by atoms with Crippen LogP contribution in [-0.4, -0.2) is 54.2 Å². The van der Waals surface area contributed by atoms with Crippen LogP contribution in [0, 0.1) is 0 Å². The number of piperidine rings is 1. The molecule has 0 atom stereocenters. The van der Waals surface area contributed by atoms with Crippen LogP contribution in [0.15, 0.2) is 72.3 Å². The lowest BCUT2D eigenvalue weighted by molar-refractivity contribution is -0.118. The molecule has 1 aliphatic rings. The quantitative estimate of drug-likeness (QED) is 0.483. The van der Waals surface area contributed by atoms with Crippen LogP contribution in [0.1, 0.15) is 35.7 Å². The van der Waals surface area contributed by atoms with E-state index in [9.17, 15) is 9.59 Å². The number of carboxylic acids is 1. The van der Waals surface area contributed by atoms with Crippen molar-refractivity contribution in [3.05, 3.63) is 83.4 Å². The Morgan fingerprint density at radius 2 is 1.74 bits per heavy atom. The van der Waals surface area contributed by atoms with Crippen molar-refractivity contribution in [1.29, 1.82) is 0 Å². The molecule has 2 N–H and O–H groups in total. The molecule has 1 fully saturated rings. The molecule has 6 heteroatoms. The number of amides is 1. The smallest absolute Gasteiger partial charge is 0.335 e. The molecule has 0 aliphatic carbocycles. The first kappa shape index (κ1) is 23.5. The maximum absolute atomic E-state index is 13.3. The third-order valence-electron chi connectivity index (χ3n) is 6.29. The molecule has 176 valence electrons. The molecule has 0 bridgehead atoms. The average Bonchev–Trinajstić information content (AvgIpc) is 2.87. The number of likely N-dealkylation sites (tertiary alicyclic amines) is 1. The predicted molar refractivity (Wildman–Crippen MR) is 134 cm³/mol. The summed E-state index contributed by atoms with van der Waals surface area (Å²) in [5, 5.41) is 14.4. The lowest BCUT2D eigenvalue weighted by Crippen LogP contribution is -2.45. The summed E-state index contributed by atoms with van der Waals surface area (Å²) in [5.41, 5.74) is 1.45. The third-order valence-corrected chi connectivity index (χ3v) is 6.29. The van der Waals surface area contributed by atoms with E-state index in [1.807, 2.05) is 42.5 Å². The van der Waals surface area contributed by atoms with E-state index < -0.39 is 5.97 Å². The fraction of sp³-hybridized carbons (Fsp3) is 0.286.